The summed E-state index contributed by atoms with van der Waals surface area (Å²) in [4.78, 5) is 19.9. The van der Waals surface area contributed by atoms with E-state index < -0.39 is 0 Å². The first kappa shape index (κ1) is 10.8. The van der Waals surface area contributed by atoms with Gasteiger partial charge in [-0.25, -0.2) is 9.97 Å². The maximum absolute atomic E-state index is 11.3. The molecular formula is C12H15N3O. The molecule has 1 heterocycles. The van der Waals surface area contributed by atoms with E-state index in [0.717, 1.165) is 36.3 Å². The Labute approximate surface area is 94.8 Å². The molecule has 1 aromatic heterocycles. The molecule has 0 radical (unpaired) electrons. The molecule has 1 aromatic rings. The Hall–Kier alpha value is -1.71. The molecule has 4 nitrogen and oxygen atoms in total. The zero-order valence-corrected chi connectivity index (χ0v) is 9.36. The number of hydrogen-bond acceptors (Lipinski definition) is 3. The monoisotopic (exact) mass is 217 g/mol. The third-order valence-electron chi connectivity index (χ3n) is 2.80. The van der Waals surface area contributed by atoms with Gasteiger partial charge < -0.3 is 5.32 Å². The van der Waals surface area contributed by atoms with Crippen molar-refractivity contribution in [3.63, 3.8) is 0 Å². The molecule has 0 aromatic carbocycles. The summed E-state index contributed by atoms with van der Waals surface area (Å²) in [6, 6.07) is 0.0369. The predicted octanol–water partition coefficient (Wildman–Crippen LogP) is 1.46. The highest BCUT2D eigenvalue weighted by Crippen LogP contribution is 2.27. The van der Waals surface area contributed by atoms with Gasteiger partial charge in [-0.05, 0) is 32.3 Å². The zero-order valence-electron chi connectivity index (χ0n) is 9.36. The maximum atomic E-state index is 11.3. The van der Waals surface area contributed by atoms with Crippen LogP contribution in [0.4, 0.5) is 0 Å². The van der Waals surface area contributed by atoms with E-state index >= 15 is 0 Å². The van der Waals surface area contributed by atoms with Crippen molar-refractivity contribution in [1.82, 2.24) is 15.3 Å². The van der Waals surface area contributed by atoms with E-state index in [1.54, 1.807) is 0 Å². The zero-order chi connectivity index (χ0) is 11.5. The van der Waals surface area contributed by atoms with Crippen LogP contribution in [-0.4, -0.2) is 15.9 Å². The van der Waals surface area contributed by atoms with E-state index in [-0.39, 0.29) is 11.9 Å². The van der Waals surface area contributed by atoms with Crippen LogP contribution in [0.15, 0.2) is 18.9 Å². The first-order chi connectivity index (χ1) is 7.70. The van der Waals surface area contributed by atoms with Gasteiger partial charge >= 0.3 is 0 Å². The molecule has 0 saturated carbocycles. The van der Waals surface area contributed by atoms with Crippen LogP contribution in [-0.2, 0) is 11.2 Å². The van der Waals surface area contributed by atoms with Gasteiger partial charge in [0.2, 0.25) is 5.91 Å². The van der Waals surface area contributed by atoms with E-state index in [0.29, 0.717) is 0 Å². The van der Waals surface area contributed by atoms with Crippen LogP contribution in [0.3, 0.4) is 0 Å². The maximum Gasteiger partial charge on any atom is 0.243 e. The number of nitrogens with one attached hydrogen (secondary N) is 1. The van der Waals surface area contributed by atoms with E-state index in [4.69, 9.17) is 0 Å². The largest absolute Gasteiger partial charge is 0.346 e. The molecule has 0 spiro atoms. The number of aromatic nitrogens is 2. The van der Waals surface area contributed by atoms with Crippen LogP contribution in [0.25, 0.3) is 0 Å². The predicted molar refractivity (Wildman–Crippen MR) is 60.8 cm³/mol. The minimum atomic E-state index is -0.140. The van der Waals surface area contributed by atoms with E-state index in [1.807, 2.05) is 13.1 Å². The van der Waals surface area contributed by atoms with Gasteiger partial charge in [0.05, 0.1) is 6.04 Å². The smallest absolute Gasteiger partial charge is 0.243 e. The molecule has 4 heteroatoms. The molecule has 84 valence electrons. The fraction of sp³-hybridized carbons (Fsp3) is 0.417. The third kappa shape index (κ3) is 2.10. The Balaban J connectivity index is 2.26. The van der Waals surface area contributed by atoms with Crippen LogP contribution >= 0.6 is 0 Å². The lowest BCUT2D eigenvalue weighted by molar-refractivity contribution is -0.117. The summed E-state index contributed by atoms with van der Waals surface area (Å²) in [5, 5.41) is 2.91. The molecule has 1 aliphatic rings. The summed E-state index contributed by atoms with van der Waals surface area (Å²) in [6.07, 6.45) is 6.08. The van der Waals surface area contributed by atoms with Crippen molar-refractivity contribution in [3.8, 4) is 0 Å². The number of nitrogens with zero attached hydrogens (tertiary/aromatic N) is 2. The number of aryl methyl sites for hydroxylation is 2. The Kier molecular flexibility index (Phi) is 2.99. The second kappa shape index (κ2) is 4.43. The summed E-state index contributed by atoms with van der Waals surface area (Å²) in [7, 11) is 0. The van der Waals surface area contributed by atoms with E-state index in [1.165, 1.54) is 6.08 Å². The highest BCUT2D eigenvalue weighted by Gasteiger charge is 2.22. The summed E-state index contributed by atoms with van der Waals surface area (Å²) >= 11 is 0. The average Bonchev–Trinajstić information content (AvgIpc) is 2.28. The molecule has 0 saturated heterocycles. The molecule has 1 N–H and O–H groups in total. The van der Waals surface area contributed by atoms with Gasteiger partial charge in [-0.1, -0.05) is 6.58 Å². The molecule has 2 rings (SSSR count). The molecule has 0 fully saturated rings. The highest BCUT2D eigenvalue weighted by molar-refractivity contribution is 5.87. The summed E-state index contributed by atoms with van der Waals surface area (Å²) in [5.41, 5.74) is 2.11. The van der Waals surface area contributed by atoms with Crippen molar-refractivity contribution >= 4 is 5.91 Å². The van der Waals surface area contributed by atoms with Crippen molar-refractivity contribution in [2.45, 2.75) is 32.2 Å². The molecule has 1 amide bonds. The lowest BCUT2D eigenvalue weighted by Crippen LogP contribution is -2.30. The van der Waals surface area contributed by atoms with Gasteiger partial charge in [0.1, 0.15) is 5.82 Å². The second-order valence-corrected chi connectivity index (χ2v) is 3.98. The molecule has 16 heavy (non-hydrogen) atoms. The number of carbonyl (C=O) groups excluding carboxylic acids is 1. The highest BCUT2D eigenvalue weighted by atomic mass is 16.1. The molecule has 0 bridgehead atoms. The average molecular weight is 217 g/mol. The van der Waals surface area contributed by atoms with Crippen molar-refractivity contribution in [1.29, 1.82) is 0 Å². The minimum Gasteiger partial charge on any atom is -0.346 e. The molecule has 1 atom stereocenters. The Morgan fingerprint density at radius 1 is 1.69 bits per heavy atom. The standard InChI is InChI=1S/C12H15N3O/c1-3-12(16)15-11-6-4-5-10-9(11)7-13-8(2)14-10/h3,7,11H,1,4-6H2,2H3,(H,15,16). The fourth-order valence-electron chi connectivity index (χ4n) is 2.03. The SMILES string of the molecule is C=CC(=O)NC1CCCc2nc(C)ncc21. The topological polar surface area (TPSA) is 54.9 Å². The number of carbonyl (C=O) groups is 1. The van der Waals surface area contributed by atoms with Crippen molar-refractivity contribution < 1.29 is 4.79 Å². The first-order valence-corrected chi connectivity index (χ1v) is 5.46. The van der Waals surface area contributed by atoms with Crippen molar-refractivity contribution in [3.05, 3.63) is 35.9 Å². The normalized spacial score (nSPS) is 18.7. The van der Waals surface area contributed by atoms with Gasteiger partial charge in [0.25, 0.3) is 0 Å². The van der Waals surface area contributed by atoms with Gasteiger partial charge in [-0.3, -0.25) is 4.79 Å². The van der Waals surface area contributed by atoms with Gasteiger partial charge in [-0.15, -0.1) is 0 Å². The fourth-order valence-corrected chi connectivity index (χ4v) is 2.03. The Morgan fingerprint density at radius 2 is 2.50 bits per heavy atom. The Bertz CT molecular complexity index is 428. The number of fused-ring (bicyclic) bond motifs is 1. The van der Waals surface area contributed by atoms with Crippen molar-refractivity contribution in [2.24, 2.45) is 0 Å². The molecule has 0 aliphatic heterocycles. The number of amides is 1. The summed E-state index contributed by atoms with van der Waals surface area (Å²) in [6.45, 7) is 5.33. The lowest BCUT2D eigenvalue weighted by atomic mass is 9.92. The quantitative estimate of drug-likeness (QED) is 0.763. The first-order valence-electron chi connectivity index (χ1n) is 5.46. The molecular weight excluding hydrogens is 202 g/mol. The van der Waals surface area contributed by atoms with Crippen LogP contribution in [0, 0.1) is 6.92 Å². The van der Waals surface area contributed by atoms with Gasteiger partial charge in [0.15, 0.2) is 0 Å². The van der Waals surface area contributed by atoms with E-state index in [2.05, 4.69) is 21.9 Å². The minimum absolute atomic E-state index is 0.0369. The second-order valence-electron chi connectivity index (χ2n) is 3.98. The van der Waals surface area contributed by atoms with Gasteiger partial charge in [0, 0.05) is 17.5 Å². The van der Waals surface area contributed by atoms with Crippen LogP contribution in [0.1, 0.15) is 36.0 Å². The Morgan fingerprint density at radius 3 is 3.25 bits per heavy atom. The van der Waals surface area contributed by atoms with Crippen LogP contribution in [0.2, 0.25) is 0 Å². The van der Waals surface area contributed by atoms with Crippen LogP contribution in [0.5, 0.6) is 0 Å². The van der Waals surface area contributed by atoms with E-state index in [9.17, 15) is 4.79 Å². The third-order valence-corrected chi connectivity index (χ3v) is 2.80. The van der Waals surface area contributed by atoms with Crippen LogP contribution < -0.4 is 5.32 Å². The lowest BCUT2D eigenvalue weighted by Gasteiger charge is -2.24. The number of hydrogen-bond donors (Lipinski definition) is 1. The summed E-state index contributed by atoms with van der Waals surface area (Å²) < 4.78 is 0. The van der Waals surface area contributed by atoms with Gasteiger partial charge in [-0.2, -0.15) is 0 Å². The van der Waals surface area contributed by atoms with Crippen molar-refractivity contribution in [2.75, 3.05) is 0 Å². The summed E-state index contributed by atoms with van der Waals surface area (Å²) in [5.74, 6) is 0.646. The number of rotatable bonds is 2. The molecule has 1 unspecified atom stereocenters. The molecule has 1 aliphatic carbocycles.